The van der Waals surface area contributed by atoms with Gasteiger partial charge >= 0.3 is 0 Å². The van der Waals surface area contributed by atoms with Crippen LogP contribution in [0.25, 0.3) is 10.9 Å². The molecule has 0 amide bonds. The van der Waals surface area contributed by atoms with E-state index in [0.717, 1.165) is 25.1 Å². The molecule has 2 aromatic carbocycles. The molecule has 0 radical (unpaired) electrons. The Hall–Kier alpha value is -2.52. The van der Waals surface area contributed by atoms with Gasteiger partial charge in [0.1, 0.15) is 16.5 Å². The number of rotatable bonds is 10. The first kappa shape index (κ1) is 24.1. The number of halogens is 2. The van der Waals surface area contributed by atoms with Crippen LogP contribution in [0.3, 0.4) is 0 Å². The second kappa shape index (κ2) is 9.95. The lowest BCUT2D eigenvalue weighted by molar-refractivity contribution is 0.398. The first-order chi connectivity index (χ1) is 15.1. The largest absolute Gasteiger partial charge is 0.453 e. The quantitative estimate of drug-likeness (QED) is 0.400. The molecule has 0 fully saturated rings. The molecular formula is C23H29F2N3O3S. The molecule has 0 aliphatic carbocycles. The molecule has 0 aliphatic rings. The molecule has 6 nitrogen and oxygen atoms in total. The Labute approximate surface area is 187 Å². The number of fused-ring (bicyclic) bond motifs is 1. The molecule has 0 saturated heterocycles. The minimum atomic E-state index is -3.73. The van der Waals surface area contributed by atoms with E-state index in [1.165, 1.54) is 0 Å². The van der Waals surface area contributed by atoms with E-state index in [0.29, 0.717) is 35.9 Å². The normalized spacial score (nSPS) is 12.2. The van der Waals surface area contributed by atoms with Crippen LogP contribution < -0.4 is 4.74 Å². The number of aromatic nitrogens is 2. The van der Waals surface area contributed by atoms with Crippen LogP contribution in [0.15, 0.2) is 41.4 Å². The summed E-state index contributed by atoms with van der Waals surface area (Å²) in [7, 11) is 0.138. The highest BCUT2D eigenvalue weighted by Crippen LogP contribution is 2.35. The fraction of sp³-hybridized carbons (Fsp3) is 0.435. The highest BCUT2D eigenvalue weighted by Gasteiger charge is 2.23. The van der Waals surface area contributed by atoms with Gasteiger partial charge in [-0.2, -0.15) is 5.10 Å². The van der Waals surface area contributed by atoms with Crippen molar-refractivity contribution in [3.63, 3.8) is 0 Å². The van der Waals surface area contributed by atoms with E-state index in [9.17, 15) is 17.2 Å². The van der Waals surface area contributed by atoms with Crippen molar-refractivity contribution in [2.45, 2.75) is 38.1 Å². The van der Waals surface area contributed by atoms with Gasteiger partial charge in [-0.1, -0.05) is 13.8 Å². The van der Waals surface area contributed by atoms with Gasteiger partial charge in [0, 0.05) is 18.0 Å². The van der Waals surface area contributed by atoms with E-state index < -0.39 is 21.5 Å². The summed E-state index contributed by atoms with van der Waals surface area (Å²) in [6.45, 7) is 5.49. The van der Waals surface area contributed by atoms with Gasteiger partial charge in [0.05, 0.1) is 17.5 Å². The van der Waals surface area contributed by atoms with Crippen molar-refractivity contribution in [1.29, 1.82) is 0 Å². The first-order valence-electron chi connectivity index (χ1n) is 10.6. The highest BCUT2D eigenvalue weighted by atomic mass is 32.2. The van der Waals surface area contributed by atoms with Gasteiger partial charge < -0.3 is 9.64 Å². The van der Waals surface area contributed by atoms with Crippen LogP contribution in [0.5, 0.6) is 11.5 Å². The number of unbranched alkanes of at least 4 members (excludes halogenated alkanes) is 1. The predicted molar refractivity (Wildman–Crippen MR) is 121 cm³/mol. The van der Waals surface area contributed by atoms with Crippen LogP contribution in [-0.2, 0) is 16.4 Å². The fourth-order valence-electron chi connectivity index (χ4n) is 3.41. The molecule has 1 heterocycles. The van der Waals surface area contributed by atoms with Crippen molar-refractivity contribution in [1.82, 2.24) is 14.7 Å². The summed E-state index contributed by atoms with van der Waals surface area (Å²) in [6, 6.07) is 6.00. The molecule has 0 unspecified atom stereocenters. The average Bonchev–Trinajstić information content (AvgIpc) is 3.08. The predicted octanol–water partition coefficient (Wildman–Crippen LogP) is 4.88. The van der Waals surface area contributed by atoms with Crippen LogP contribution in [0, 0.1) is 17.6 Å². The van der Waals surface area contributed by atoms with Gasteiger partial charge in [-0.25, -0.2) is 17.2 Å². The third-order valence-corrected chi connectivity index (χ3v) is 6.78. The molecule has 0 spiro atoms. The maximum absolute atomic E-state index is 14.2. The van der Waals surface area contributed by atoms with Gasteiger partial charge in [0.25, 0.3) is 0 Å². The Morgan fingerprint density at radius 3 is 2.50 bits per heavy atom. The summed E-state index contributed by atoms with van der Waals surface area (Å²) in [4.78, 5) is 1.97. The van der Waals surface area contributed by atoms with Crippen LogP contribution in [0.1, 0.15) is 26.7 Å². The van der Waals surface area contributed by atoms with Gasteiger partial charge in [-0.05, 0) is 63.7 Å². The SMILES string of the molecule is CC(C)Cn1ncc2cc(Oc3ccc(F)cc3F)c(S(=O)(=O)CCCCN(C)C)cc21. The maximum atomic E-state index is 14.2. The number of sulfone groups is 1. The molecular weight excluding hydrogens is 436 g/mol. The molecule has 0 saturated carbocycles. The molecule has 174 valence electrons. The lowest BCUT2D eigenvalue weighted by atomic mass is 10.2. The molecule has 3 rings (SSSR count). The minimum Gasteiger partial charge on any atom is -0.453 e. The average molecular weight is 466 g/mol. The number of nitrogens with zero attached hydrogens (tertiary/aromatic N) is 3. The van der Waals surface area contributed by atoms with Crippen LogP contribution in [-0.4, -0.2) is 49.5 Å². The number of hydrogen-bond acceptors (Lipinski definition) is 5. The summed E-state index contributed by atoms with van der Waals surface area (Å²) >= 11 is 0. The first-order valence-corrected chi connectivity index (χ1v) is 12.2. The second-order valence-corrected chi connectivity index (χ2v) is 10.7. The third-order valence-electron chi connectivity index (χ3n) is 4.96. The van der Waals surface area contributed by atoms with E-state index in [2.05, 4.69) is 5.10 Å². The lowest BCUT2D eigenvalue weighted by Crippen LogP contribution is -2.15. The number of benzene rings is 2. The summed E-state index contributed by atoms with van der Waals surface area (Å²) < 4.78 is 61.4. The van der Waals surface area contributed by atoms with Crippen molar-refractivity contribution >= 4 is 20.7 Å². The zero-order valence-electron chi connectivity index (χ0n) is 18.8. The minimum absolute atomic E-state index is 0.000264. The van der Waals surface area contributed by atoms with Gasteiger partial charge in [-0.3, -0.25) is 4.68 Å². The molecule has 0 bridgehead atoms. The van der Waals surface area contributed by atoms with Crippen molar-refractivity contribution in [3.8, 4) is 11.5 Å². The van der Waals surface area contributed by atoms with E-state index >= 15 is 0 Å². The van der Waals surface area contributed by atoms with Crippen molar-refractivity contribution < 1.29 is 21.9 Å². The summed E-state index contributed by atoms with van der Waals surface area (Å²) in [6.07, 6.45) is 2.83. The zero-order chi connectivity index (χ0) is 23.5. The molecule has 1 aromatic heterocycles. The van der Waals surface area contributed by atoms with E-state index in [-0.39, 0.29) is 22.1 Å². The van der Waals surface area contributed by atoms with Crippen molar-refractivity contribution in [3.05, 3.63) is 48.2 Å². The highest BCUT2D eigenvalue weighted by molar-refractivity contribution is 7.91. The summed E-state index contributed by atoms with van der Waals surface area (Å²) in [5.74, 6) is -1.64. The molecule has 0 atom stereocenters. The maximum Gasteiger partial charge on any atom is 0.182 e. The van der Waals surface area contributed by atoms with Crippen molar-refractivity contribution in [2.24, 2.45) is 5.92 Å². The Morgan fingerprint density at radius 2 is 1.84 bits per heavy atom. The van der Waals surface area contributed by atoms with Crippen LogP contribution >= 0.6 is 0 Å². The number of ether oxygens (including phenoxy) is 1. The Kier molecular flexibility index (Phi) is 7.51. The van der Waals surface area contributed by atoms with Crippen molar-refractivity contribution in [2.75, 3.05) is 26.4 Å². The standard InChI is InChI=1S/C23H29F2N3O3S/c1-16(2)15-28-20-13-23(32(29,30)10-6-5-9-27(3)4)22(11-17(20)14-26-28)31-21-8-7-18(24)12-19(21)25/h7-8,11-14,16H,5-6,9-10,15H2,1-4H3. The van der Waals surface area contributed by atoms with E-state index in [1.54, 1.807) is 23.0 Å². The Morgan fingerprint density at radius 1 is 1.09 bits per heavy atom. The van der Waals surface area contributed by atoms with Gasteiger partial charge in [-0.15, -0.1) is 0 Å². The molecule has 32 heavy (non-hydrogen) atoms. The Bertz CT molecular complexity index is 1190. The van der Waals surface area contributed by atoms with E-state index in [4.69, 9.17) is 4.74 Å². The monoisotopic (exact) mass is 465 g/mol. The molecule has 0 aliphatic heterocycles. The van der Waals surface area contributed by atoms with Gasteiger partial charge in [0.15, 0.2) is 21.4 Å². The molecule has 9 heteroatoms. The van der Waals surface area contributed by atoms with Gasteiger partial charge in [0.2, 0.25) is 0 Å². The third kappa shape index (κ3) is 5.83. The summed E-state index contributed by atoms with van der Waals surface area (Å²) in [5.41, 5.74) is 0.664. The number of hydrogen-bond donors (Lipinski definition) is 0. The molecule has 3 aromatic rings. The lowest BCUT2D eigenvalue weighted by Gasteiger charge is -2.15. The summed E-state index contributed by atoms with van der Waals surface area (Å²) in [5, 5.41) is 5.04. The zero-order valence-corrected chi connectivity index (χ0v) is 19.6. The van der Waals surface area contributed by atoms with Crippen LogP contribution in [0.4, 0.5) is 8.78 Å². The Balaban J connectivity index is 2.03. The molecule has 0 N–H and O–H groups in total. The van der Waals surface area contributed by atoms with Crippen LogP contribution in [0.2, 0.25) is 0 Å². The topological polar surface area (TPSA) is 64.4 Å². The second-order valence-electron chi connectivity index (χ2n) is 8.58. The smallest absolute Gasteiger partial charge is 0.182 e. The fourth-order valence-corrected chi connectivity index (χ4v) is 4.91. The van der Waals surface area contributed by atoms with E-state index in [1.807, 2.05) is 32.8 Å².